The number of carbonyl (C=O) groups excluding carboxylic acids is 1. The number of anilines is 2. The van der Waals surface area contributed by atoms with Gasteiger partial charge in [-0.2, -0.15) is 0 Å². The molecule has 0 bridgehead atoms. The van der Waals surface area contributed by atoms with Crippen molar-refractivity contribution in [1.82, 2.24) is 9.97 Å². The lowest BCUT2D eigenvalue weighted by molar-refractivity contribution is -0.115. The van der Waals surface area contributed by atoms with E-state index in [2.05, 4.69) is 15.3 Å². The SMILES string of the molecule is COc1ccc2nc(SC(C)C(=O)Nc3ccc(N(C)C)cc3)[nH]c2c1. The van der Waals surface area contributed by atoms with Crippen LogP contribution in [-0.4, -0.2) is 42.3 Å². The van der Waals surface area contributed by atoms with Crippen molar-refractivity contribution in [3.05, 3.63) is 42.5 Å². The van der Waals surface area contributed by atoms with E-state index in [0.717, 1.165) is 28.2 Å². The van der Waals surface area contributed by atoms with Crippen LogP contribution in [0.1, 0.15) is 6.92 Å². The van der Waals surface area contributed by atoms with Crippen LogP contribution in [0.3, 0.4) is 0 Å². The van der Waals surface area contributed by atoms with Gasteiger partial charge in [-0.15, -0.1) is 0 Å². The minimum atomic E-state index is -0.286. The monoisotopic (exact) mass is 370 g/mol. The molecule has 3 rings (SSSR count). The number of aromatic nitrogens is 2. The highest BCUT2D eigenvalue weighted by atomic mass is 32.2. The van der Waals surface area contributed by atoms with Crippen LogP contribution in [0.4, 0.5) is 11.4 Å². The first kappa shape index (κ1) is 18.1. The second-order valence-corrected chi connectivity index (χ2v) is 7.45. The van der Waals surface area contributed by atoms with Crippen LogP contribution in [0.15, 0.2) is 47.6 Å². The van der Waals surface area contributed by atoms with E-state index in [4.69, 9.17) is 4.74 Å². The number of benzene rings is 2. The average molecular weight is 370 g/mol. The summed E-state index contributed by atoms with van der Waals surface area (Å²) in [5, 5.41) is 3.36. The Kier molecular flexibility index (Phi) is 5.37. The molecule has 3 aromatic rings. The Labute approximate surface area is 156 Å². The lowest BCUT2D eigenvalue weighted by atomic mass is 10.2. The van der Waals surface area contributed by atoms with E-state index in [1.807, 2.05) is 68.4 Å². The van der Waals surface area contributed by atoms with Crippen molar-refractivity contribution in [2.75, 3.05) is 31.4 Å². The van der Waals surface area contributed by atoms with E-state index in [-0.39, 0.29) is 11.2 Å². The van der Waals surface area contributed by atoms with E-state index in [1.165, 1.54) is 11.8 Å². The van der Waals surface area contributed by atoms with E-state index in [1.54, 1.807) is 7.11 Å². The summed E-state index contributed by atoms with van der Waals surface area (Å²) in [6, 6.07) is 13.4. The first-order chi connectivity index (χ1) is 12.5. The van der Waals surface area contributed by atoms with E-state index in [9.17, 15) is 4.79 Å². The van der Waals surface area contributed by atoms with Gasteiger partial charge in [0.25, 0.3) is 0 Å². The summed E-state index contributed by atoms with van der Waals surface area (Å²) >= 11 is 1.39. The molecule has 0 aliphatic heterocycles. The molecule has 0 aliphatic rings. The molecule has 1 heterocycles. The fourth-order valence-corrected chi connectivity index (χ4v) is 3.28. The van der Waals surface area contributed by atoms with Gasteiger partial charge in [0, 0.05) is 31.5 Å². The second kappa shape index (κ2) is 7.70. The van der Waals surface area contributed by atoms with E-state index >= 15 is 0 Å². The normalized spacial score (nSPS) is 12.0. The van der Waals surface area contributed by atoms with Gasteiger partial charge in [-0.3, -0.25) is 4.79 Å². The number of methoxy groups -OCH3 is 1. The first-order valence-electron chi connectivity index (χ1n) is 8.25. The van der Waals surface area contributed by atoms with Crippen molar-refractivity contribution in [2.45, 2.75) is 17.3 Å². The number of carbonyl (C=O) groups is 1. The Bertz CT molecular complexity index is 906. The van der Waals surface area contributed by atoms with Crippen molar-refractivity contribution in [3.8, 4) is 5.75 Å². The Hall–Kier alpha value is -2.67. The van der Waals surface area contributed by atoms with Crippen LogP contribution < -0.4 is 15.0 Å². The lowest BCUT2D eigenvalue weighted by Gasteiger charge is -2.14. The maximum atomic E-state index is 12.4. The minimum absolute atomic E-state index is 0.0642. The fourth-order valence-electron chi connectivity index (χ4n) is 2.46. The largest absolute Gasteiger partial charge is 0.497 e. The average Bonchev–Trinajstić information content (AvgIpc) is 3.03. The molecule has 2 aromatic carbocycles. The number of imidazole rings is 1. The Balaban J connectivity index is 1.65. The highest BCUT2D eigenvalue weighted by Gasteiger charge is 2.17. The van der Waals surface area contributed by atoms with Crippen molar-refractivity contribution < 1.29 is 9.53 Å². The molecule has 0 saturated carbocycles. The molecular weight excluding hydrogens is 348 g/mol. The number of fused-ring (bicyclic) bond motifs is 1. The van der Waals surface area contributed by atoms with Crippen molar-refractivity contribution in [1.29, 1.82) is 0 Å². The van der Waals surface area contributed by atoms with Crippen molar-refractivity contribution in [2.24, 2.45) is 0 Å². The van der Waals surface area contributed by atoms with Crippen LogP contribution in [0.2, 0.25) is 0 Å². The maximum absolute atomic E-state index is 12.4. The topological polar surface area (TPSA) is 70.2 Å². The smallest absolute Gasteiger partial charge is 0.237 e. The molecule has 1 aromatic heterocycles. The third kappa shape index (κ3) is 4.11. The van der Waals surface area contributed by atoms with Gasteiger partial charge in [0.2, 0.25) is 5.91 Å². The molecule has 136 valence electrons. The molecule has 1 atom stereocenters. The number of thioether (sulfide) groups is 1. The molecule has 0 fully saturated rings. The van der Waals surface area contributed by atoms with Gasteiger partial charge in [0.05, 0.1) is 23.4 Å². The van der Waals surface area contributed by atoms with Crippen LogP contribution in [0.5, 0.6) is 5.75 Å². The van der Waals surface area contributed by atoms with E-state index in [0.29, 0.717) is 5.16 Å². The molecular formula is C19H22N4O2S. The third-order valence-electron chi connectivity index (χ3n) is 3.98. The van der Waals surface area contributed by atoms with Crippen molar-refractivity contribution in [3.63, 3.8) is 0 Å². The number of H-pyrrole nitrogens is 1. The molecule has 7 heteroatoms. The fraction of sp³-hybridized carbons (Fsp3) is 0.263. The summed E-state index contributed by atoms with van der Waals surface area (Å²) in [6.07, 6.45) is 0. The zero-order valence-electron chi connectivity index (χ0n) is 15.2. The molecule has 0 aliphatic carbocycles. The van der Waals surface area contributed by atoms with Crippen LogP contribution in [-0.2, 0) is 4.79 Å². The molecule has 0 saturated heterocycles. The van der Waals surface area contributed by atoms with Gasteiger partial charge in [-0.05, 0) is 43.3 Å². The van der Waals surface area contributed by atoms with Crippen LogP contribution in [0.25, 0.3) is 11.0 Å². The number of amides is 1. The number of aromatic amines is 1. The first-order valence-corrected chi connectivity index (χ1v) is 9.13. The van der Waals surface area contributed by atoms with Crippen molar-refractivity contribution >= 4 is 40.1 Å². The third-order valence-corrected chi connectivity index (χ3v) is 4.96. The second-order valence-electron chi connectivity index (χ2n) is 6.12. The number of ether oxygens (including phenoxy) is 1. The molecule has 6 nitrogen and oxygen atoms in total. The quantitative estimate of drug-likeness (QED) is 0.647. The highest BCUT2D eigenvalue weighted by Crippen LogP contribution is 2.26. The number of hydrogen-bond donors (Lipinski definition) is 2. The zero-order chi connectivity index (χ0) is 18.7. The molecule has 26 heavy (non-hydrogen) atoms. The summed E-state index contributed by atoms with van der Waals surface area (Å²) in [7, 11) is 5.59. The predicted octanol–water partition coefficient (Wildman–Crippen LogP) is 3.76. The number of hydrogen-bond acceptors (Lipinski definition) is 5. The molecule has 0 radical (unpaired) electrons. The van der Waals surface area contributed by atoms with Gasteiger partial charge in [-0.25, -0.2) is 4.98 Å². The number of nitrogens with one attached hydrogen (secondary N) is 2. The van der Waals surface area contributed by atoms with Gasteiger partial charge in [0.15, 0.2) is 5.16 Å². The molecule has 0 spiro atoms. The number of rotatable bonds is 6. The standard InChI is InChI=1S/C19H22N4O2S/c1-12(18(24)20-13-5-7-14(8-6-13)23(2)3)26-19-21-16-10-9-15(25-4)11-17(16)22-19/h5-12H,1-4H3,(H,20,24)(H,21,22). The summed E-state index contributed by atoms with van der Waals surface area (Å²) in [4.78, 5) is 22.2. The van der Waals surface area contributed by atoms with Crippen LogP contribution in [0, 0.1) is 0 Å². The molecule has 2 N–H and O–H groups in total. The van der Waals surface area contributed by atoms with Crippen LogP contribution >= 0.6 is 11.8 Å². The summed E-state index contributed by atoms with van der Waals surface area (Å²) in [5.74, 6) is 0.704. The van der Waals surface area contributed by atoms with Gasteiger partial charge < -0.3 is 19.9 Å². The molecule has 1 unspecified atom stereocenters. The predicted molar refractivity (Wildman–Crippen MR) is 107 cm³/mol. The Morgan fingerprint density at radius 1 is 1.23 bits per heavy atom. The Morgan fingerprint density at radius 2 is 1.96 bits per heavy atom. The molecule has 1 amide bonds. The van der Waals surface area contributed by atoms with Gasteiger partial charge >= 0.3 is 0 Å². The Morgan fingerprint density at radius 3 is 2.62 bits per heavy atom. The highest BCUT2D eigenvalue weighted by molar-refractivity contribution is 8.00. The summed E-state index contributed by atoms with van der Waals surface area (Å²) in [6.45, 7) is 1.86. The minimum Gasteiger partial charge on any atom is -0.497 e. The van der Waals surface area contributed by atoms with Gasteiger partial charge in [-0.1, -0.05) is 11.8 Å². The number of nitrogens with zero attached hydrogens (tertiary/aromatic N) is 2. The zero-order valence-corrected chi connectivity index (χ0v) is 16.1. The van der Waals surface area contributed by atoms with E-state index < -0.39 is 0 Å². The maximum Gasteiger partial charge on any atom is 0.237 e. The summed E-state index contributed by atoms with van der Waals surface area (Å²) < 4.78 is 5.22. The summed E-state index contributed by atoms with van der Waals surface area (Å²) in [5.41, 5.74) is 3.60. The lowest BCUT2D eigenvalue weighted by Crippen LogP contribution is -2.22. The van der Waals surface area contributed by atoms with Gasteiger partial charge in [0.1, 0.15) is 5.75 Å².